The first-order valence-corrected chi connectivity index (χ1v) is 6.20. The molecule has 0 aliphatic carbocycles. The van der Waals surface area contributed by atoms with E-state index in [1.165, 1.54) is 37.9 Å². The number of nitrogens with zero attached hydrogens (tertiary/aromatic N) is 1. The van der Waals surface area contributed by atoms with Gasteiger partial charge in [0.15, 0.2) is 0 Å². The Bertz CT molecular complexity index is 312. The first kappa shape index (κ1) is 11.5. The van der Waals surface area contributed by atoms with Crippen LogP contribution in [-0.4, -0.2) is 30.1 Å². The van der Waals surface area contributed by atoms with Gasteiger partial charge in [0.1, 0.15) is 5.75 Å². The summed E-state index contributed by atoms with van der Waals surface area (Å²) in [6.07, 6.45) is 5.12. The van der Waals surface area contributed by atoms with E-state index in [0.717, 1.165) is 12.3 Å². The van der Waals surface area contributed by atoms with Gasteiger partial charge < -0.3 is 10.0 Å². The minimum Gasteiger partial charge on any atom is -0.508 e. The van der Waals surface area contributed by atoms with Crippen LogP contribution in [0.15, 0.2) is 24.3 Å². The van der Waals surface area contributed by atoms with Crippen LogP contribution in [0.4, 0.5) is 0 Å². The Morgan fingerprint density at radius 1 is 1.19 bits per heavy atom. The van der Waals surface area contributed by atoms with Crippen LogP contribution < -0.4 is 0 Å². The molecule has 1 fully saturated rings. The number of likely N-dealkylation sites (tertiary alicyclic amines) is 1. The van der Waals surface area contributed by atoms with Crippen LogP contribution in [0.3, 0.4) is 0 Å². The molecule has 2 heteroatoms. The van der Waals surface area contributed by atoms with Crippen LogP contribution in [0, 0.1) is 5.92 Å². The lowest BCUT2D eigenvalue weighted by Gasteiger charge is -2.28. The fourth-order valence-electron chi connectivity index (χ4n) is 2.38. The number of phenols is 1. The van der Waals surface area contributed by atoms with Crippen LogP contribution in [0.25, 0.3) is 0 Å². The zero-order valence-electron chi connectivity index (χ0n) is 10.0. The fraction of sp³-hybridized carbons (Fsp3) is 0.571. The number of phenolic OH excluding ortho intramolecular Hbond substituents is 1. The molecule has 16 heavy (non-hydrogen) atoms. The second kappa shape index (κ2) is 5.35. The normalized spacial score (nSPS) is 18.8. The highest BCUT2D eigenvalue weighted by Gasteiger charge is 2.16. The van der Waals surface area contributed by atoms with Gasteiger partial charge >= 0.3 is 0 Å². The summed E-state index contributed by atoms with van der Waals surface area (Å²) < 4.78 is 0. The molecule has 0 unspecified atom stereocenters. The maximum Gasteiger partial charge on any atom is 0.115 e. The Hall–Kier alpha value is -1.02. The molecule has 88 valence electrons. The highest BCUT2D eigenvalue weighted by molar-refractivity contribution is 5.25. The summed E-state index contributed by atoms with van der Waals surface area (Å²) in [5.41, 5.74) is 1.34. The third kappa shape index (κ3) is 3.24. The summed E-state index contributed by atoms with van der Waals surface area (Å²) in [5.74, 6) is 1.26. The second-order valence-corrected chi connectivity index (χ2v) is 4.95. The Morgan fingerprint density at radius 2 is 1.81 bits per heavy atom. The van der Waals surface area contributed by atoms with E-state index in [0.29, 0.717) is 5.75 Å². The molecular formula is C14H21NO. The lowest BCUT2D eigenvalue weighted by molar-refractivity contribution is 0.212. The first-order valence-electron chi connectivity index (χ1n) is 6.20. The van der Waals surface area contributed by atoms with Crippen molar-refractivity contribution in [2.24, 2.45) is 5.92 Å². The van der Waals surface area contributed by atoms with Crippen molar-refractivity contribution in [2.45, 2.75) is 25.7 Å². The Labute approximate surface area is 97.9 Å². The van der Waals surface area contributed by atoms with Gasteiger partial charge in [-0.3, -0.25) is 0 Å². The predicted molar refractivity (Wildman–Crippen MR) is 66.6 cm³/mol. The quantitative estimate of drug-likeness (QED) is 0.845. The van der Waals surface area contributed by atoms with E-state index < -0.39 is 0 Å². The molecule has 0 spiro atoms. The average Bonchev–Trinajstić information content (AvgIpc) is 2.30. The van der Waals surface area contributed by atoms with Gasteiger partial charge in [0, 0.05) is 0 Å². The second-order valence-electron chi connectivity index (χ2n) is 4.95. The van der Waals surface area contributed by atoms with Gasteiger partial charge in [-0.15, -0.1) is 0 Å². The highest BCUT2D eigenvalue weighted by Crippen LogP contribution is 2.22. The molecule has 2 rings (SSSR count). The molecule has 1 N–H and O–H groups in total. The van der Waals surface area contributed by atoms with Gasteiger partial charge in [-0.25, -0.2) is 0 Å². The van der Waals surface area contributed by atoms with Gasteiger partial charge in [0.05, 0.1) is 0 Å². The molecule has 1 saturated heterocycles. The van der Waals surface area contributed by atoms with Gasteiger partial charge in [-0.05, 0) is 69.4 Å². The Morgan fingerprint density at radius 3 is 2.44 bits per heavy atom. The molecule has 0 bridgehead atoms. The molecule has 1 aromatic rings. The van der Waals surface area contributed by atoms with E-state index in [4.69, 9.17) is 0 Å². The van der Waals surface area contributed by atoms with Crippen molar-refractivity contribution in [1.82, 2.24) is 4.90 Å². The molecule has 1 aliphatic rings. The largest absolute Gasteiger partial charge is 0.508 e. The topological polar surface area (TPSA) is 23.5 Å². The number of aryl methyl sites for hydroxylation is 1. The van der Waals surface area contributed by atoms with Crippen LogP contribution in [0.1, 0.15) is 24.8 Å². The first-order chi connectivity index (χ1) is 7.74. The van der Waals surface area contributed by atoms with Crippen molar-refractivity contribution in [2.75, 3.05) is 20.1 Å². The number of rotatable bonds is 3. The summed E-state index contributed by atoms with van der Waals surface area (Å²) in [7, 11) is 2.20. The number of aromatic hydroxyl groups is 1. The van der Waals surface area contributed by atoms with Gasteiger partial charge in [-0.2, -0.15) is 0 Å². The lowest BCUT2D eigenvalue weighted by atomic mass is 9.91. The SMILES string of the molecule is CN1CCC(CCc2ccc(O)cc2)CC1. The summed E-state index contributed by atoms with van der Waals surface area (Å²) in [4.78, 5) is 2.41. The number of benzene rings is 1. The average molecular weight is 219 g/mol. The molecule has 1 heterocycles. The van der Waals surface area contributed by atoms with Crippen LogP contribution in [0.5, 0.6) is 5.75 Å². The van der Waals surface area contributed by atoms with E-state index in [-0.39, 0.29) is 0 Å². The van der Waals surface area contributed by atoms with E-state index in [1.54, 1.807) is 12.1 Å². The molecule has 0 saturated carbocycles. The van der Waals surface area contributed by atoms with Crippen molar-refractivity contribution in [3.63, 3.8) is 0 Å². The lowest BCUT2D eigenvalue weighted by Crippen LogP contribution is -2.30. The molecule has 0 aromatic heterocycles. The predicted octanol–water partition coefficient (Wildman–Crippen LogP) is 2.67. The van der Waals surface area contributed by atoms with E-state index >= 15 is 0 Å². The zero-order valence-corrected chi connectivity index (χ0v) is 10.0. The number of hydrogen-bond acceptors (Lipinski definition) is 2. The summed E-state index contributed by atoms with van der Waals surface area (Å²) in [6, 6.07) is 7.63. The van der Waals surface area contributed by atoms with Gasteiger partial charge in [-0.1, -0.05) is 12.1 Å². The minimum absolute atomic E-state index is 0.364. The Balaban J connectivity index is 1.77. The van der Waals surface area contributed by atoms with Crippen molar-refractivity contribution in [1.29, 1.82) is 0 Å². The van der Waals surface area contributed by atoms with Crippen molar-refractivity contribution in [3.8, 4) is 5.75 Å². The molecular weight excluding hydrogens is 198 g/mol. The van der Waals surface area contributed by atoms with Crippen molar-refractivity contribution < 1.29 is 5.11 Å². The Kier molecular flexibility index (Phi) is 3.83. The third-order valence-electron chi connectivity index (χ3n) is 3.62. The molecule has 1 aliphatic heterocycles. The smallest absolute Gasteiger partial charge is 0.115 e. The number of piperidine rings is 1. The van der Waals surface area contributed by atoms with Crippen LogP contribution in [-0.2, 0) is 6.42 Å². The van der Waals surface area contributed by atoms with Crippen LogP contribution >= 0.6 is 0 Å². The maximum atomic E-state index is 9.20. The zero-order chi connectivity index (χ0) is 11.4. The monoisotopic (exact) mass is 219 g/mol. The molecule has 0 atom stereocenters. The minimum atomic E-state index is 0.364. The summed E-state index contributed by atoms with van der Waals surface area (Å²) in [6.45, 7) is 2.50. The van der Waals surface area contributed by atoms with Gasteiger partial charge in [0.25, 0.3) is 0 Å². The maximum absolute atomic E-state index is 9.20. The standard InChI is InChI=1S/C14H21NO/c1-15-10-8-13(9-11-15)3-2-12-4-6-14(16)7-5-12/h4-7,13,16H,2-3,8-11H2,1H3. The van der Waals surface area contributed by atoms with E-state index in [2.05, 4.69) is 11.9 Å². The highest BCUT2D eigenvalue weighted by atomic mass is 16.3. The third-order valence-corrected chi connectivity index (χ3v) is 3.62. The van der Waals surface area contributed by atoms with Gasteiger partial charge in [0.2, 0.25) is 0 Å². The summed E-state index contributed by atoms with van der Waals surface area (Å²) >= 11 is 0. The van der Waals surface area contributed by atoms with E-state index in [9.17, 15) is 5.11 Å². The van der Waals surface area contributed by atoms with E-state index in [1.807, 2.05) is 12.1 Å². The summed E-state index contributed by atoms with van der Waals surface area (Å²) in [5, 5.41) is 9.20. The molecule has 1 aromatic carbocycles. The van der Waals surface area contributed by atoms with Crippen LogP contribution in [0.2, 0.25) is 0 Å². The van der Waals surface area contributed by atoms with Crippen molar-refractivity contribution >= 4 is 0 Å². The fourth-order valence-corrected chi connectivity index (χ4v) is 2.38. The van der Waals surface area contributed by atoms with Crippen molar-refractivity contribution in [3.05, 3.63) is 29.8 Å². The molecule has 0 amide bonds. The molecule has 2 nitrogen and oxygen atoms in total. The number of hydrogen-bond donors (Lipinski definition) is 1. The molecule has 0 radical (unpaired) electrons.